The first-order valence-electron chi connectivity index (χ1n) is 9.09. The van der Waals surface area contributed by atoms with E-state index in [1.807, 2.05) is 49.7 Å². The van der Waals surface area contributed by atoms with E-state index in [0.717, 1.165) is 38.7 Å². The summed E-state index contributed by atoms with van der Waals surface area (Å²) in [6, 6.07) is 9.59. The Hall–Kier alpha value is -3.06. The lowest BCUT2D eigenvalue weighted by atomic mass is 10.0. The van der Waals surface area contributed by atoms with Gasteiger partial charge in [-0.15, -0.1) is 11.3 Å². The Morgan fingerprint density at radius 3 is 2.61 bits per heavy atom. The minimum Gasteiger partial charge on any atom is -0.322 e. The molecule has 142 valence electrons. The minimum absolute atomic E-state index is 0.160. The molecule has 0 aliphatic heterocycles. The molecule has 3 aromatic heterocycles. The second kappa shape index (κ2) is 7.16. The van der Waals surface area contributed by atoms with Crippen molar-refractivity contribution in [3.8, 4) is 10.6 Å². The Balaban J connectivity index is 1.69. The van der Waals surface area contributed by atoms with Crippen molar-refractivity contribution in [3.05, 3.63) is 58.9 Å². The quantitative estimate of drug-likeness (QED) is 0.543. The molecule has 0 radical (unpaired) electrons. The van der Waals surface area contributed by atoms with Crippen LogP contribution in [0.15, 0.2) is 41.9 Å². The van der Waals surface area contributed by atoms with E-state index in [2.05, 4.69) is 29.2 Å². The molecule has 28 heavy (non-hydrogen) atoms. The second-order valence-corrected chi connectivity index (χ2v) is 7.92. The fourth-order valence-electron chi connectivity index (χ4n) is 3.20. The molecule has 0 saturated carbocycles. The van der Waals surface area contributed by atoms with Crippen molar-refractivity contribution in [2.24, 2.45) is 7.05 Å². The number of nitrogens with zero attached hydrogens (tertiary/aromatic N) is 4. The number of nitrogens with one attached hydrogen (secondary N) is 1. The minimum atomic E-state index is -0.160. The summed E-state index contributed by atoms with van der Waals surface area (Å²) < 4.78 is 1.73. The fraction of sp³-hybridized carbons (Fsp3) is 0.238. The van der Waals surface area contributed by atoms with Gasteiger partial charge in [0.1, 0.15) is 5.01 Å². The molecule has 4 aromatic rings. The van der Waals surface area contributed by atoms with Crippen LogP contribution in [0, 0.1) is 6.92 Å². The van der Waals surface area contributed by atoms with E-state index in [1.165, 1.54) is 0 Å². The summed E-state index contributed by atoms with van der Waals surface area (Å²) in [5.74, 6) is 0.0520. The molecule has 0 spiro atoms. The van der Waals surface area contributed by atoms with Crippen LogP contribution in [0.5, 0.6) is 0 Å². The number of hydrogen-bond acceptors (Lipinski definition) is 5. The molecular formula is C21H21N5OS. The lowest BCUT2D eigenvalue weighted by Crippen LogP contribution is -2.14. The summed E-state index contributed by atoms with van der Waals surface area (Å²) in [7, 11) is 1.85. The molecule has 0 aliphatic carbocycles. The molecule has 4 rings (SSSR count). The highest BCUT2D eigenvalue weighted by atomic mass is 32.1. The van der Waals surface area contributed by atoms with Crippen molar-refractivity contribution in [2.75, 3.05) is 5.32 Å². The highest BCUT2D eigenvalue weighted by Crippen LogP contribution is 2.27. The first-order chi connectivity index (χ1) is 13.4. The molecule has 0 atom stereocenters. The largest absolute Gasteiger partial charge is 0.322 e. The van der Waals surface area contributed by atoms with Gasteiger partial charge in [-0.05, 0) is 43.2 Å². The van der Waals surface area contributed by atoms with Crippen LogP contribution in [0.2, 0.25) is 0 Å². The fourth-order valence-corrected chi connectivity index (χ4v) is 3.84. The summed E-state index contributed by atoms with van der Waals surface area (Å²) in [5, 5.41) is 11.2. The number of anilines is 1. The number of thiazole rings is 1. The zero-order chi connectivity index (χ0) is 19.8. The molecule has 0 aliphatic rings. The summed E-state index contributed by atoms with van der Waals surface area (Å²) in [6.45, 7) is 6.03. The molecule has 3 heterocycles. The monoisotopic (exact) mass is 391 g/mol. The number of benzene rings is 1. The van der Waals surface area contributed by atoms with Crippen molar-refractivity contribution >= 4 is 34.0 Å². The number of fused-ring (bicyclic) bond motifs is 1. The molecule has 0 saturated heterocycles. The van der Waals surface area contributed by atoms with Gasteiger partial charge >= 0.3 is 0 Å². The van der Waals surface area contributed by atoms with Gasteiger partial charge in [0.2, 0.25) is 0 Å². The van der Waals surface area contributed by atoms with E-state index in [1.54, 1.807) is 22.2 Å². The third-order valence-corrected chi connectivity index (χ3v) is 5.47. The maximum absolute atomic E-state index is 13.1. The van der Waals surface area contributed by atoms with Crippen LogP contribution in [-0.2, 0) is 7.05 Å². The molecular weight excluding hydrogens is 370 g/mol. The second-order valence-electron chi connectivity index (χ2n) is 7.03. The first kappa shape index (κ1) is 18.3. The van der Waals surface area contributed by atoms with Gasteiger partial charge in [0.15, 0.2) is 5.65 Å². The maximum Gasteiger partial charge on any atom is 0.256 e. The zero-order valence-corrected chi connectivity index (χ0v) is 17.0. The van der Waals surface area contributed by atoms with Crippen LogP contribution in [0.4, 0.5) is 5.69 Å². The third kappa shape index (κ3) is 3.29. The van der Waals surface area contributed by atoms with Crippen LogP contribution in [0.25, 0.3) is 21.6 Å². The number of aryl methyl sites for hydroxylation is 2. The Kier molecular flexibility index (Phi) is 4.68. The Labute approximate surface area is 167 Å². The van der Waals surface area contributed by atoms with Gasteiger partial charge in [-0.3, -0.25) is 9.48 Å². The summed E-state index contributed by atoms with van der Waals surface area (Å²) >= 11 is 1.59. The average molecular weight is 392 g/mol. The van der Waals surface area contributed by atoms with Gasteiger partial charge in [0.25, 0.3) is 5.91 Å². The van der Waals surface area contributed by atoms with Crippen molar-refractivity contribution in [3.63, 3.8) is 0 Å². The highest BCUT2D eigenvalue weighted by molar-refractivity contribution is 7.13. The standard InChI is InChI=1S/C21H21N5OS/c1-12(2)17-11-16(18-13(3)25-26(4)19(18)24-17)20(27)23-15-7-5-14(6-8-15)21-22-9-10-28-21/h5-12H,1-4H3,(H,23,27). The third-order valence-electron chi connectivity index (χ3n) is 4.65. The smallest absolute Gasteiger partial charge is 0.256 e. The molecule has 0 unspecified atom stereocenters. The first-order valence-corrected chi connectivity index (χ1v) is 9.97. The van der Waals surface area contributed by atoms with Crippen LogP contribution in [-0.4, -0.2) is 25.7 Å². The number of rotatable bonds is 4. The Morgan fingerprint density at radius 1 is 1.21 bits per heavy atom. The molecule has 1 aromatic carbocycles. The van der Waals surface area contributed by atoms with Crippen molar-refractivity contribution in [2.45, 2.75) is 26.7 Å². The number of carbonyl (C=O) groups excluding carboxylic acids is 1. The van der Waals surface area contributed by atoms with E-state index in [9.17, 15) is 4.79 Å². The number of aromatic nitrogens is 4. The predicted octanol–water partition coefficient (Wildman–Crippen LogP) is 4.78. The van der Waals surface area contributed by atoms with Gasteiger partial charge < -0.3 is 5.32 Å². The van der Waals surface area contributed by atoms with Crippen molar-refractivity contribution in [1.29, 1.82) is 0 Å². The molecule has 7 heteroatoms. The van der Waals surface area contributed by atoms with E-state index in [0.29, 0.717) is 5.56 Å². The number of amides is 1. The van der Waals surface area contributed by atoms with Gasteiger partial charge in [-0.1, -0.05) is 13.8 Å². The van der Waals surface area contributed by atoms with E-state index < -0.39 is 0 Å². The van der Waals surface area contributed by atoms with Crippen molar-refractivity contribution in [1.82, 2.24) is 19.7 Å². The summed E-state index contributed by atoms with van der Waals surface area (Å²) in [5.41, 5.74) is 4.77. The van der Waals surface area contributed by atoms with Crippen LogP contribution >= 0.6 is 11.3 Å². The topological polar surface area (TPSA) is 72.7 Å². The maximum atomic E-state index is 13.1. The molecule has 6 nitrogen and oxygen atoms in total. The lowest BCUT2D eigenvalue weighted by Gasteiger charge is -2.11. The SMILES string of the molecule is Cc1nn(C)c2nc(C(C)C)cc(C(=O)Nc3ccc(-c4nccs4)cc3)c12. The van der Waals surface area contributed by atoms with Gasteiger partial charge in [-0.25, -0.2) is 9.97 Å². The Bertz CT molecular complexity index is 1140. The van der Waals surface area contributed by atoms with E-state index >= 15 is 0 Å². The van der Waals surface area contributed by atoms with Gasteiger partial charge in [0, 0.05) is 35.6 Å². The summed E-state index contributed by atoms with van der Waals surface area (Å²) in [6.07, 6.45) is 1.78. The number of hydrogen-bond donors (Lipinski definition) is 1. The van der Waals surface area contributed by atoms with E-state index in [4.69, 9.17) is 4.98 Å². The molecule has 1 N–H and O–H groups in total. The van der Waals surface area contributed by atoms with E-state index in [-0.39, 0.29) is 11.8 Å². The van der Waals surface area contributed by atoms with Crippen molar-refractivity contribution < 1.29 is 4.79 Å². The molecule has 1 amide bonds. The normalized spacial score (nSPS) is 11.3. The van der Waals surface area contributed by atoms with Gasteiger partial charge in [0.05, 0.1) is 16.6 Å². The zero-order valence-electron chi connectivity index (χ0n) is 16.2. The van der Waals surface area contributed by atoms with Crippen LogP contribution in [0.1, 0.15) is 41.5 Å². The summed E-state index contributed by atoms with van der Waals surface area (Å²) in [4.78, 5) is 22.1. The molecule has 0 fully saturated rings. The van der Waals surface area contributed by atoms with Crippen LogP contribution < -0.4 is 5.32 Å². The average Bonchev–Trinajstić information content (AvgIpc) is 3.30. The number of carbonyl (C=O) groups is 1. The Morgan fingerprint density at radius 2 is 1.96 bits per heavy atom. The highest BCUT2D eigenvalue weighted by Gasteiger charge is 2.19. The number of pyridine rings is 1. The lowest BCUT2D eigenvalue weighted by molar-refractivity contribution is 0.102. The predicted molar refractivity (Wildman–Crippen MR) is 113 cm³/mol. The van der Waals surface area contributed by atoms with Gasteiger partial charge in [-0.2, -0.15) is 5.10 Å². The molecule has 0 bridgehead atoms. The van der Waals surface area contributed by atoms with Crippen LogP contribution in [0.3, 0.4) is 0 Å².